The van der Waals surface area contributed by atoms with E-state index in [2.05, 4.69) is 21.4 Å². The van der Waals surface area contributed by atoms with E-state index in [1.807, 2.05) is 0 Å². The minimum absolute atomic E-state index is 0.0336. The van der Waals surface area contributed by atoms with Gasteiger partial charge in [-0.05, 0) is 62.3 Å². The van der Waals surface area contributed by atoms with Gasteiger partial charge in [0.25, 0.3) is 5.91 Å². The number of allylic oxidation sites excluding steroid dienone is 4. The van der Waals surface area contributed by atoms with Crippen molar-refractivity contribution < 1.29 is 48.8 Å². The van der Waals surface area contributed by atoms with E-state index in [0.717, 1.165) is 0 Å². The largest absolute Gasteiger partial charge is 0.508 e. The Bertz CT molecular complexity index is 1690. The van der Waals surface area contributed by atoms with Crippen LogP contribution in [0, 0.1) is 17.8 Å². The van der Waals surface area contributed by atoms with Gasteiger partial charge in [0, 0.05) is 38.4 Å². The molecule has 2 unspecified atom stereocenters. The molecule has 1 fully saturated rings. The molecule has 4 amide bonds. The number of ketones is 1. The van der Waals surface area contributed by atoms with Crippen LogP contribution in [0.25, 0.3) is 0 Å². The minimum Gasteiger partial charge on any atom is -0.508 e. The molecule has 8 atom stereocenters. The molecule has 0 aromatic heterocycles. The number of amides is 4. The molecule has 56 heavy (non-hydrogen) atoms. The Morgan fingerprint density at radius 2 is 1.80 bits per heavy atom. The summed E-state index contributed by atoms with van der Waals surface area (Å²) in [6.45, 7) is 8.22. The van der Waals surface area contributed by atoms with Crippen molar-refractivity contribution in [3.63, 3.8) is 0 Å². The van der Waals surface area contributed by atoms with Gasteiger partial charge in [-0.15, -0.1) is 0 Å². The summed E-state index contributed by atoms with van der Waals surface area (Å²) < 4.78 is 5.96. The van der Waals surface area contributed by atoms with Gasteiger partial charge in [0.05, 0.1) is 18.1 Å². The summed E-state index contributed by atoms with van der Waals surface area (Å²) in [6.07, 6.45) is 8.28. The average Bonchev–Trinajstić information content (AvgIpc) is 3.16. The first-order valence-corrected chi connectivity index (χ1v) is 19.0. The van der Waals surface area contributed by atoms with E-state index in [9.17, 15) is 44.1 Å². The molecule has 306 valence electrons. The third-order valence-electron chi connectivity index (χ3n) is 9.88. The lowest BCUT2D eigenvalue weighted by atomic mass is 9.84. The lowest BCUT2D eigenvalue weighted by Crippen LogP contribution is -2.59. The quantitative estimate of drug-likeness (QED) is 0.115. The van der Waals surface area contributed by atoms with Crippen molar-refractivity contribution in [2.75, 3.05) is 13.6 Å². The van der Waals surface area contributed by atoms with Crippen LogP contribution in [-0.2, 0) is 33.5 Å². The van der Waals surface area contributed by atoms with Gasteiger partial charge in [-0.3, -0.25) is 29.0 Å². The number of benzene rings is 1. The number of phenolic OH excluding ortho intramolecular Hbond substituents is 1. The number of hydrogen-bond donors (Lipinski definition) is 7. The van der Waals surface area contributed by atoms with Gasteiger partial charge in [-0.2, -0.15) is 0 Å². The molecule has 1 aromatic rings. The third-order valence-corrected chi connectivity index (χ3v) is 9.88. The summed E-state index contributed by atoms with van der Waals surface area (Å²) in [5.74, 6) is -5.99. The van der Waals surface area contributed by atoms with E-state index in [0.29, 0.717) is 18.4 Å². The smallest absolute Gasteiger partial charge is 0.325 e. The van der Waals surface area contributed by atoms with E-state index in [1.165, 1.54) is 55.4 Å². The summed E-state index contributed by atoms with van der Waals surface area (Å²) in [4.78, 5) is 79.5. The number of aliphatic hydroxyl groups excluding tert-OH is 2. The van der Waals surface area contributed by atoms with Crippen LogP contribution in [0.5, 0.6) is 5.75 Å². The summed E-state index contributed by atoms with van der Waals surface area (Å²) in [5.41, 5.74) is 3.81. The number of rotatable bonds is 8. The number of nitrogens with zero attached hydrogens (tertiary/aromatic N) is 1. The first-order valence-electron chi connectivity index (χ1n) is 19.0. The maximum atomic E-state index is 14.3. The van der Waals surface area contributed by atoms with E-state index in [1.54, 1.807) is 58.1 Å². The van der Waals surface area contributed by atoms with E-state index < -0.39 is 77.9 Å². The van der Waals surface area contributed by atoms with Crippen molar-refractivity contribution in [1.29, 1.82) is 0 Å². The standard InChI is InChI=1S/C41H57N5O10/c1-24(2)35-39(53)44-36(28-14-11-15-29(48)23-28)40(54)46-22-12-16-31(45-46)41(55)56-33(25(3)13-10-19-34(50)42-6)18-9-7-8-17-32(49)27(5)37(51)30(38(52)43-35)21-20-26(4)47/h7-11,13-15,17,19,23-24,27,30-33,35-37,45,48-49,51H,12,16,18,20-22H2,1-6H3,(H,42,50)(H,43,52)(H,44,53)/b9-7+,17-8+,19-10+,25-13+/t27-,30+,31?,32-,33-,35-,36?,37+/m0/s1. The normalized spacial score (nSPS) is 29.0. The molecule has 2 aliphatic rings. The maximum Gasteiger partial charge on any atom is 0.325 e. The monoisotopic (exact) mass is 779 g/mol. The molecule has 3 rings (SSSR count). The summed E-state index contributed by atoms with van der Waals surface area (Å²) >= 11 is 0. The minimum atomic E-state index is -1.43. The van der Waals surface area contributed by atoms with Crippen LogP contribution in [0.4, 0.5) is 0 Å². The van der Waals surface area contributed by atoms with Gasteiger partial charge in [0.2, 0.25) is 17.7 Å². The Labute approximate surface area is 328 Å². The van der Waals surface area contributed by atoms with Crippen LogP contribution in [-0.4, -0.2) is 99.7 Å². The Morgan fingerprint density at radius 1 is 1.07 bits per heavy atom. The first kappa shape index (κ1) is 45.3. The fraction of sp³-hybridized carbons (Fsp3) is 0.512. The lowest BCUT2D eigenvalue weighted by Gasteiger charge is -2.36. The van der Waals surface area contributed by atoms with Gasteiger partial charge >= 0.3 is 5.97 Å². The van der Waals surface area contributed by atoms with Crippen molar-refractivity contribution in [2.24, 2.45) is 17.8 Å². The van der Waals surface area contributed by atoms with E-state index in [4.69, 9.17) is 4.74 Å². The van der Waals surface area contributed by atoms with Crippen molar-refractivity contribution in [1.82, 2.24) is 26.4 Å². The Morgan fingerprint density at radius 3 is 2.46 bits per heavy atom. The topological polar surface area (TPSA) is 224 Å². The molecule has 2 heterocycles. The van der Waals surface area contributed by atoms with Crippen molar-refractivity contribution in [2.45, 2.75) is 103 Å². The fourth-order valence-corrected chi connectivity index (χ4v) is 6.34. The van der Waals surface area contributed by atoms with Gasteiger partial charge < -0.3 is 40.8 Å². The zero-order chi connectivity index (χ0) is 41.5. The number of hydrazine groups is 1. The highest BCUT2D eigenvalue weighted by Crippen LogP contribution is 2.26. The summed E-state index contributed by atoms with van der Waals surface area (Å²) in [7, 11) is 1.50. The second-order valence-electron chi connectivity index (χ2n) is 14.6. The molecule has 0 saturated carbocycles. The number of Topliss-reactive ketones (excluding diaryl/α,β-unsaturated/α-hetero) is 1. The number of esters is 1. The summed E-state index contributed by atoms with van der Waals surface area (Å²) in [6, 6.07) is 2.27. The second-order valence-corrected chi connectivity index (χ2v) is 14.6. The summed E-state index contributed by atoms with van der Waals surface area (Å²) in [5, 5.41) is 41.9. The number of hydrogen-bond acceptors (Lipinski definition) is 11. The van der Waals surface area contributed by atoms with Gasteiger partial charge in [-0.1, -0.05) is 69.4 Å². The number of cyclic esters (lactones) is 1. The fourth-order valence-electron chi connectivity index (χ4n) is 6.34. The van der Waals surface area contributed by atoms with E-state index in [-0.39, 0.29) is 48.8 Å². The van der Waals surface area contributed by atoms with Crippen LogP contribution < -0.4 is 21.4 Å². The van der Waals surface area contributed by atoms with Crippen LogP contribution in [0.15, 0.2) is 72.4 Å². The highest BCUT2D eigenvalue weighted by molar-refractivity contribution is 5.93. The first-order chi connectivity index (χ1) is 26.5. The van der Waals surface area contributed by atoms with Crippen LogP contribution >= 0.6 is 0 Å². The number of carbonyl (C=O) groups excluding carboxylic acids is 6. The predicted molar refractivity (Wildman–Crippen MR) is 208 cm³/mol. The Hall–Kier alpha value is -5.12. The molecule has 0 spiro atoms. The number of phenols is 1. The highest BCUT2D eigenvalue weighted by atomic mass is 16.5. The predicted octanol–water partition coefficient (Wildman–Crippen LogP) is 2.21. The maximum absolute atomic E-state index is 14.3. The van der Waals surface area contributed by atoms with Gasteiger partial charge in [0.1, 0.15) is 35.8 Å². The Balaban J connectivity index is 2.10. The van der Waals surface area contributed by atoms with Gasteiger partial charge in [0.15, 0.2) is 0 Å². The highest BCUT2D eigenvalue weighted by Gasteiger charge is 2.39. The number of aromatic hydroxyl groups is 1. The van der Waals surface area contributed by atoms with Crippen molar-refractivity contribution >= 4 is 35.4 Å². The van der Waals surface area contributed by atoms with E-state index >= 15 is 0 Å². The Kier molecular flexibility index (Phi) is 17.7. The molecule has 1 saturated heterocycles. The molecule has 0 radical (unpaired) electrons. The number of aliphatic hydroxyl groups is 2. The van der Waals surface area contributed by atoms with Gasteiger partial charge in [-0.25, -0.2) is 5.43 Å². The molecular formula is C41H57N5O10. The molecule has 0 aliphatic carbocycles. The SMILES string of the molecule is CNC(=O)/C=C/C=C(\C)[C@@H]1C/C=C/C=C/[C@H](O)[C@H](C)[C@@H](O)[C@@H](CCC(C)=O)C(=O)N[C@@H](C(C)C)C(=O)NC(c2cccc(O)c2)C(=O)N2CCCC(N2)C(=O)O1. The number of fused-ring (bicyclic) bond motifs is 2. The van der Waals surface area contributed by atoms with Crippen LogP contribution in [0.1, 0.15) is 78.3 Å². The molecule has 1 aromatic carbocycles. The number of likely N-dealkylation sites (N-methyl/N-ethyl adjacent to an activating group) is 1. The molecule has 2 aliphatic heterocycles. The van der Waals surface area contributed by atoms with Crippen molar-refractivity contribution in [3.05, 3.63) is 77.9 Å². The lowest BCUT2D eigenvalue weighted by molar-refractivity contribution is -0.156. The third kappa shape index (κ3) is 13.3. The van der Waals surface area contributed by atoms with Crippen LogP contribution in [0.2, 0.25) is 0 Å². The number of ether oxygens (including phenoxy) is 1. The van der Waals surface area contributed by atoms with Crippen LogP contribution in [0.3, 0.4) is 0 Å². The molecule has 15 nitrogen and oxygen atoms in total. The second kappa shape index (κ2) is 21.8. The molecule has 2 bridgehead atoms. The zero-order valence-corrected chi connectivity index (χ0v) is 32.9. The number of carbonyl (C=O) groups is 6. The molecule has 7 N–H and O–H groups in total. The average molecular weight is 780 g/mol. The zero-order valence-electron chi connectivity index (χ0n) is 32.9. The van der Waals surface area contributed by atoms with Crippen molar-refractivity contribution in [3.8, 4) is 5.75 Å². The molecular weight excluding hydrogens is 722 g/mol. The number of nitrogens with one attached hydrogen (secondary N) is 4. The molecule has 15 heteroatoms.